The van der Waals surface area contributed by atoms with Crippen LogP contribution in [0.15, 0.2) is 18.7 Å². The summed E-state index contributed by atoms with van der Waals surface area (Å²) in [5.74, 6) is 0.364. The summed E-state index contributed by atoms with van der Waals surface area (Å²) < 4.78 is 12.8. The first-order chi connectivity index (χ1) is 28.0. The van der Waals surface area contributed by atoms with Gasteiger partial charge in [-0.3, -0.25) is 14.2 Å². The molecule has 8 heteroatoms. The lowest BCUT2D eigenvalue weighted by Crippen LogP contribution is -2.35. The Morgan fingerprint density at radius 1 is 0.509 bits per heavy atom. The van der Waals surface area contributed by atoms with Crippen molar-refractivity contribution in [3.05, 3.63) is 18.7 Å². The van der Waals surface area contributed by atoms with Crippen LogP contribution in [-0.2, 0) is 19.1 Å². The van der Waals surface area contributed by atoms with Gasteiger partial charge in [0.1, 0.15) is 6.33 Å². The van der Waals surface area contributed by atoms with Gasteiger partial charge in [0.05, 0.1) is 13.2 Å². The number of imidazole rings is 1. The first-order valence-electron chi connectivity index (χ1n) is 24.6. The minimum absolute atomic E-state index is 0.0389. The molecule has 0 N–H and O–H groups in total. The molecule has 0 aromatic carbocycles. The van der Waals surface area contributed by atoms with Crippen LogP contribution in [0.2, 0.25) is 0 Å². The van der Waals surface area contributed by atoms with Crippen molar-refractivity contribution in [1.82, 2.24) is 14.5 Å². The first-order valence-corrected chi connectivity index (χ1v) is 24.6. The molecule has 0 spiro atoms. The Morgan fingerprint density at radius 2 is 0.912 bits per heavy atom. The van der Waals surface area contributed by atoms with Crippen LogP contribution < -0.4 is 0 Å². The molecular formula is C49H91N3O5. The van der Waals surface area contributed by atoms with Crippen LogP contribution >= 0.6 is 0 Å². The van der Waals surface area contributed by atoms with Gasteiger partial charge in [-0.05, 0) is 50.9 Å². The summed E-state index contributed by atoms with van der Waals surface area (Å²) in [6, 6.07) is -0.0483. The Morgan fingerprint density at radius 3 is 1.39 bits per heavy atom. The number of hydrogen-bond donors (Lipinski definition) is 0. The summed E-state index contributed by atoms with van der Waals surface area (Å²) in [4.78, 5) is 44.0. The van der Waals surface area contributed by atoms with Gasteiger partial charge in [0.2, 0.25) is 0 Å². The molecule has 332 valence electrons. The third-order valence-corrected chi connectivity index (χ3v) is 11.5. The van der Waals surface area contributed by atoms with Crippen molar-refractivity contribution in [2.45, 2.75) is 245 Å². The summed E-state index contributed by atoms with van der Waals surface area (Å²) in [7, 11) is 0. The van der Waals surface area contributed by atoms with Crippen molar-refractivity contribution in [3.63, 3.8) is 0 Å². The molecule has 0 aliphatic carbocycles. The third kappa shape index (κ3) is 33.2. The molecule has 1 aromatic rings. The fourth-order valence-electron chi connectivity index (χ4n) is 7.73. The van der Waals surface area contributed by atoms with Crippen molar-refractivity contribution < 1.29 is 23.9 Å². The molecule has 1 aromatic heterocycles. The Hall–Kier alpha value is -2.38. The van der Waals surface area contributed by atoms with E-state index >= 15 is 0 Å². The largest absolute Gasteiger partial charge is 0.466 e. The van der Waals surface area contributed by atoms with Crippen molar-refractivity contribution >= 4 is 18.0 Å². The van der Waals surface area contributed by atoms with E-state index in [9.17, 15) is 14.4 Å². The summed E-state index contributed by atoms with van der Waals surface area (Å²) in [5, 5.41) is 0. The van der Waals surface area contributed by atoms with E-state index in [2.05, 4.69) is 25.8 Å². The predicted octanol–water partition coefficient (Wildman–Crippen LogP) is 14.6. The number of hydrogen-bond acceptors (Lipinski definition) is 6. The molecule has 8 nitrogen and oxygen atoms in total. The predicted molar refractivity (Wildman–Crippen MR) is 239 cm³/mol. The first kappa shape index (κ1) is 52.6. The van der Waals surface area contributed by atoms with E-state index in [0.29, 0.717) is 45.1 Å². The minimum Gasteiger partial charge on any atom is -0.466 e. The van der Waals surface area contributed by atoms with Crippen LogP contribution in [0.25, 0.3) is 0 Å². The smallest absolute Gasteiger partial charge is 0.329 e. The van der Waals surface area contributed by atoms with Gasteiger partial charge in [-0.25, -0.2) is 9.78 Å². The van der Waals surface area contributed by atoms with E-state index in [0.717, 1.165) is 64.2 Å². The van der Waals surface area contributed by atoms with E-state index in [1.54, 1.807) is 23.3 Å². The van der Waals surface area contributed by atoms with Gasteiger partial charge in [-0.2, -0.15) is 0 Å². The van der Waals surface area contributed by atoms with Crippen LogP contribution in [0, 0.1) is 5.92 Å². The van der Waals surface area contributed by atoms with Crippen LogP contribution in [0.1, 0.15) is 245 Å². The minimum atomic E-state index is -0.101. The zero-order chi connectivity index (χ0) is 41.3. The molecule has 1 atom stereocenters. The second-order valence-corrected chi connectivity index (χ2v) is 17.0. The van der Waals surface area contributed by atoms with Gasteiger partial charge in [0.25, 0.3) is 0 Å². The molecule has 0 aliphatic rings. The van der Waals surface area contributed by atoms with Gasteiger partial charge >= 0.3 is 18.0 Å². The Kier molecular flexibility index (Phi) is 37.3. The monoisotopic (exact) mass is 802 g/mol. The van der Waals surface area contributed by atoms with Crippen molar-refractivity contribution in [2.75, 3.05) is 26.3 Å². The molecule has 0 saturated heterocycles. The summed E-state index contributed by atoms with van der Waals surface area (Å²) in [6.45, 7) is 9.27. The summed E-state index contributed by atoms with van der Waals surface area (Å²) in [5.41, 5.74) is 0. The summed E-state index contributed by atoms with van der Waals surface area (Å²) >= 11 is 0. The molecular weight excluding hydrogens is 711 g/mol. The average molecular weight is 802 g/mol. The van der Waals surface area contributed by atoms with Gasteiger partial charge in [0, 0.05) is 38.3 Å². The molecule has 1 amide bonds. The summed E-state index contributed by atoms with van der Waals surface area (Å²) in [6.07, 6.45) is 45.4. The molecule has 1 rings (SSSR count). The van der Waals surface area contributed by atoms with E-state index in [4.69, 9.17) is 9.47 Å². The van der Waals surface area contributed by atoms with Crippen LogP contribution in [0.5, 0.6) is 0 Å². The average Bonchev–Trinajstić information content (AvgIpc) is 3.76. The maximum absolute atomic E-state index is 13.2. The lowest BCUT2D eigenvalue weighted by atomic mass is 9.94. The maximum atomic E-state index is 13.2. The van der Waals surface area contributed by atoms with Crippen molar-refractivity contribution in [3.8, 4) is 0 Å². The molecule has 0 fully saturated rings. The number of carbonyl (C=O) groups is 3. The number of esters is 2. The quantitative estimate of drug-likeness (QED) is 0.0483. The Balaban J connectivity index is 2.25. The molecule has 57 heavy (non-hydrogen) atoms. The number of nitrogens with zero attached hydrogens (tertiary/aromatic N) is 3. The van der Waals surface area contributed by atoms with Crippen molar-refractivity contribution in [2.24, 2.45) is 5.92 Å². The van der Waals surface area contributed by atoms with Crippen molar-refractivity contribution in [1.29, 1.82) is 0 Å². The van der Waals surface area contributed by atoms with Gasteiger partial charge in [0.15, 0.2) is 0 Å². The Bertz CT molecular complexity index is 1030. The standard InChI is InChI=1S/C49H91N3O5/c1-4-7-10-13-16-18-20-26-34-43-56-47(53)37-31-27-33-41-51(49(55)52-42-39-50-45-52)40-32-25-21-24-30-38-48(54)57-44-46(35-28-22-15-12-9-6-3)36-29-23-19-17-14-11-8-5-2/h39,42,45-46H,4-38,40-41,43-44H2,1-3H3. The highest BCUT2D eigenvalue weighted by Gasteiger charge is 2.16. The third-order valence-electron chi connectivity index (χ3n) is 11.5. The molecule has 0 aliphatic heterocycles. The second-order valence-electron chi connectivity index (χ2n) is 17.0. The van der Waals surface area contributed by atoms with E-state index in [-0.39, 0.29) is 18.0 Å². The zero-order valence-electron chi connectivity index (χ0n) is 37.8. The van der Waals surface area contributed by atoms with E-state index in [1.165, 1.54) is 148 Å². The highest BCUT2D eigenvalue weighted by Crippen LogP contribution is 2.21. The number of amides is 1. The van der Waals surface area contributed by atoms with E-state index in [1.807, 2.05) is 4.90 Å². The highest BCUT2D eigenvalue weighted by molar-refractivity contribution is 5.76. The zero-order valence-corrected chi connectivity index (χ0v) is 37.8. The number of carbonyl (C=O) groups excluding carboxylic acids is 3. The van der Waals surface area contributed by atoms with E-state index < -0.39 is 0 Å². The SMILES string of the molecule is CCCCCCCCCCCOC(=O)CCCCCN(CCCCCCCC(=O)OCC(CCCCCCCC)CCCCCCCCCC)C(=O)n1ccnc1. The fourth-order valence-corrected chi connectivity index (χ4v) is 7.73. The lowest BCUT2D eigenvalue weighted by Gasteiger charge is -2.22. The highest BCUT2D eigenvalue weighted by atomic mass is 16.5. The molecule has 0 saturated carbocycles. The molecule has 0 radical (unpaired) electrons. The molecule has 1 unspecified atom stereocenters. The number of ether oxygens (including phenoxy) is 2. The van der Waals surface area contributed by atoms with Gasteiger partial charge in [-0.15, -0.1) is 0 Å². The fraction of sp³-hybridized carbons (Fsp3) is 0.878. The molecule has 1 heterocycles. The Labute approximate surface area is 351 Å². The maximum Gasteiger partial charge on any atom is 0.329 e. The number of aromatic nitrogens is 2. The van der Waals surface area contributed by atoms with Gasteiger partial charge in [-0.1, -0.05) is 188 Å². The number of unbranched alkanes of at least 4 members (excludes halogenated alkanes) is 26. The topological polar surface area (TPSA) is 90.7 Å². The van der Waals surface area contributed by atoms with Gasteiger partial charge < -0.3 is 14.4 Å². The lowest BCUT2D eigenvalue weighted by molar-refractivity contribution is -0.145. The van der Waals surface area contributed by atoms with Crippen LogP contribution in [0.4, 0.5) is 4.79 Å². The van der Waals surface area contributed by atoms with Crippen LogP contribution in [-0.4, -0.2) is 58.7 Å². The molecule has 0 bridgehead atoms. The normalized spacial score (nSPS) is 11.8. The number of rotatable bonds is 42. The van der Waals surface area contributed by atoms with Crippen LogP contribution in [0.3, 0.4) is 0 Å². The second kappa shape index (κ2) is 40.4.